The summed E-state index contributed by atoms with van der Waals surface area (Å²) in [5, 5.41) is 11.9. The number of nitrogens with zero attached hydrogens (tertiary/aromatic N) is 7. The summed E-state index contributed by atoms with van der Waals surface area (Å²) in [5.74, 6) is 1.64. The maximum absolute atomic E-state index is 11.9. The van der Waals surface area contributed by atoms with E-state index in [-0.39, 0.29) is 0 Å². The zero-order chi connectivity index (χ0) is 50.3. The maximum atomic E-state index is 11.9. The van der Waals surface area contributed by atoms with Gasteiger partial charge in [0, 0.05) is 22.5 Å². The van der Waals surface area contributed by atoms with Crippen LogP contribution in [0.25, 0.3) is 134 Å². The first kappa shape index (κ1) is 43.1. The third-order valence-corrected chi connectivity index (χ3v) is 15.0. The second-order valence-electron chi connectivity index (χ2n) is 19.3. The minimum Gasteiger partial charge on any atom is -0.278 e. The fraction of sp³-hybridized carbons (Fsp3) is 0. The third kappa shape index (κ3) is 6.75. The molecule has 0 N–H and O–H groups in total. The van der Waals surface area contributed by atoms with Crippen molar-refractivity contribution >= 4 is 55.7 Å². The molecule has 76 heavy (non-hydrogen) atoms. The molecule has 0 fully saturated rings. The number of hydrogen-bond acceptors (Lipinski definition) is 3. The number of imidazole rings is 4. The highest BCUT2D eigenvalue weighted by Crippen LogP contribution is 2.47. The van der Waals surface area contributed by atoms with Crippen molar-refractivity contribution < 1.29 is 0 Å². The van der Waals surface area contributed by atoms with Gasteiger partial charge in [-0.3, -0.25) is 17.9 Å². The van der Waals surface area contributed by atoms with Crippen molar-refractivity contribution in [2.75, 3.05) is 0 Å². The highest BCUT2D eigenvalue weighted by molar-refractivity contribution is 6.04. The molecule has 0 amide bonds. The first-order valence-corrected chi connectivity index (χ1v) is 25.5. The molecule has 0 bridgehead atoms. The zero-order valence-corrected chi connectivity index (χ0v) is 41.0. The van der Waals surface area contributed by atoms with E-state index in [2.05, 4.69) is 261 Å². The Balaban J connectivity index is 1.00. The van der Waals surface area contributed by atoms with Gasteiger partial charge in [0.05, 0.1) is 49.7 Å². The largest absolute Gasteiger partial charge is 0.278 e. The van der Waals surface area contributed by atoms with Gasteiger partial charge in [-0.1, -0.05) is 182 Å². The smallest absolute Gasteiger partial charge is 0.220 e. The topological polar surface area (TPSA) is 68.2 Å². The Hall–Kier alpha value is -10.6. The molecule has 15 aromatic rings. The molecular weight excluding hydrogens is 927 g/mol. The molecule has 4 heterocycles. The van der Waals surface area contributed by atoms with Gasteiger partial charge in [0.1, 0.15) is 6.07 Å². The van der Waals surface area contributed by atoms with Crippen molar-refractivity contribution in [2.24, 2.45) is 0 Å². The lowest BCUT2D eigenvalue weighted by atomic mass is 9.81. The first-order valence-electron chi connectivity index (χ1n) is 25.5. The molecule has 0 spiro atoms. The van der Waals surface area contributed by atoms with E-state index in [1.807, 2.05) is 24.3 Å². The van der Waals surface area contributed by atoms with E-state index in [1.165, 1.54) is 0 Å². The monoisotopic (exact) mass is 969 g/mol. The Morgan fingerprint density at radius 2 is 0.658 bits per heavy atom. The fourth-order valence-corrected chi connectivity index (χ4v) is 11.6. The highest BCUT2D eigenvalue weighted by atomic mass is 15.2. The van der Waals surface area contributed by atoms with Crippen molar-refractivity contribution in [3.05, 3.63) is 266 Å². The Morgan fingerprint density at radius 3 is 1.13 bits per heavy atom. The van der Waals surface area contributed by atoms with E-state index in [0.29, 0.717) is 5.56 Å². The quantitative estimate of drug-likeness (QED) is 0.152. The molecule has 0 unspecified atom stereocenters. The van der Waals surface area contributed by atoms with E-state index in [9.17, 15) is 5.26 Å². The van der Waals surface area contributed by atoms with Gasteiger partial charge in [-0.15, -0.1) is 0 Å². The number of nitriles is 1. The molecule has 4 aromatic heterocycles. The van der Waals surface area contributed by atoms with Crippen molar-refractivity contribution in [2.45, 2.75) is 0 Å². The average molecular weight is 970 g/mol. The van der Waals surface area contributed by atoms with E-state index in [4.69, 9.17) is 9.97 Å². The number of hydrogen-bond donors (Lipinski definition) is 0. The molecule has 0 atom stereocenters. The minimum atomic E-state index is 0.590. The van der Waals surface area contributed by atoms with Gasteiger partial charge in [-0.25, -0.2) is 9.97 Å². The lowest BCUT2D eigenvalue weighted by Crippen LogP contribution is -1.98. The molecule has 0 aliphatic carbocycles. The molecule has 354 valence electrons. The zero-order valence-electron chi connectivity index (χ0n) is 41.0. The summed E-state index contributed by atoms with van der Waals surface area (Å²) in [4.78, 5) is 10.7. The van der Waals surface area contributed by atoms with Gasteiger partial charge in [0.25, 0.3) is 0 Å². The summed E-state index contributed by atoms with van der Waals surface area (Å²) >= 11 is 0. The van der Waals surface area contributed by atoms with Crippen LogP contribution in [0.1, 0.15) is 5.56 Å². The van der Waals surface area contributed by atoms with Crippen LogP contribution in [0.15, 0.2) is 261 Å². The van der Waals surface area contributed by atoms with Crippen LogP contribution < -0.4 is 0 Å². The number of aromatic nitrogens is 6. The van der Waals surface area contributed by atoms with E-state index in [1.54, 1.807) is 0 Å². The number of benzene rings is 11. The fourth-order valence-electron chi connectivity index (χ4n) is 11.6. The molecule has 11 aromatic carbocycles. The number of para-hydroxylation sites is 2. The normalized spacial score (nSPS) is 11.7. The second kappa shape index (κ2) is 17.3. The maximum Gasteiger partial charge on any atom is 0.220 e. The van der Waals surface area contributed by atoms with Crippen LogP contribution in [0.2, 0.25) is 0 Å². The van der Waals surface area contributed by atoms with Gasteiger partial charge in [-0.2, -0.15) is 5.26 Å². The number of rotatable bonds is 8. The van der Waals surface area contributed by atoms with E-state index in [0.717, 1.165) is 134 Å². The molecule has 0 aliphatic heterocycles. The summed E-state index contributed by atoms with van der Waals surface area (Å²) in [6.45, 7) is 0. The van der Waals surface area contributed by atoms with Crippen LogP contribution in [0, 0.1) is 11.3 Å². The first-order chi connectivity index (χ1) is 37.7. The van der Waals surface area contributed by atoms with Gasteiger partial charge in [0.2, 0.25) is 11.6 Å². The summed E-state index contributed by atoms with van der Waals surface area (Å²) in [6.07, 6.45) is 0. The Bertz CT molecular complexity index is 4780. The lowest BCUT2D eigenvalue weighted by molar-refractivity contribution is 1.11. The van der Waals surface area contributed by atoms with Crippen LogP contribution in [-0.4, -0.2) is 27.9 Å². The molecule has 0 saturated carbocycles. The average Bonchev–Trinajstić information content (AvgIpc) is 4.37. The second-order valence-corrected chi connectivity index (χ2v) is 19.3. The third-order valence-electron chi connectivity index (χ3n) is 15.0. The molecule has 7 heteroatoms. The SMILES string of the molecule is N#Cc1c(-c2ccccc2)c(-c2ccc3nc4n(-c5ccccc5)c5ccc(-c6ccccc6)cc5n4c3c2)cc(-c2ccccc2)c1-c1ccc2nc3n(-c4ccccc4)c4ccc(-c5ccccc5)cc4n3c2c1. The van der Waals surface area contributed by atoms with Crippen LogP contribution in [0.5, 0.6) is 0 Å². The predicted octanol–water partition coefficient (Wildman–Crippen LogP) is 17.0. The number of fused-ring (bicyclic) bond motifs is 10. The van der Waals surface area contributed by atoms with E-state index >= 15 is 0 Å². The molecule has 0 aliphatic rings. The standard InChI is InChI=1S/C69H43N7/c70-44-57-66(48-25-13-4-14-26-48)56(51-31-35-58-62(41-51)75-64-39-49(45-19-7-1-8-20-45)33-37-60(64)73(68(75)71-58)53-27-15-5-16-28-53)43-55(47-23-11-3-12-24-47)67(57)52-32-36-59-63(42-52)76-65-40-50(46-21-9-2-10-22-46)34-38-61(65)74(69(76)72-59)54-29-17-6-18-30-54/h1-43H. The van der Waals surface area contributed by atoms with Gasteiger partial charge in [-0.05, 0) is 134 Å². The molecule has 7 nitrogen and oxygen atoms in total. The molecular formula is C69H43N7. The molecule has 0 saturated heterocycles. The summed E-state index contributed by atoms with van der Waals surface area (Å²) in [7, 11) is 0. The summed E-state index contributed by atoms with van der Waals surface area (Å²) in [6, 6.07) is 94.3. The van der Waals surface area contributed by atoms with Crippen molar-refractivity contribution in [1.29, 1.82) is 5.26 Å². The molecule has 0 radical (unpaired) electrons. The predicted molar refractivity (Wildman–Crippen MR) is 310 cm³/mol. The minimum absolute atomic E-state index is 0.590. The van der Waals surface area contributed by atoms with Crippen molar-refractivity contribution in [1.82, 2.24) is 27.9 Å². The molecule has 15 rings (SSSR count). The van der Waals surface area contributed by atoms with Crippen molar-refractivity contribution in [3.63, 3.8) is 0 Å². The lowest BCUT2D eigenvalue weighted by Gasteiger charge is -2.21. The highest BCUT2D eigenvalue weighted by Gasteiger charge is 2.26. The van der Waals surface area contributed by atoms with Crippen LogP contribution in [0.4, 0.5) is 0 Å². The van der Waals surface area contributed by atoms with Crippen LogP contribution in [-0.2, 0) is 0 Å². The van der Waals surface area contributed by atoms with Gasteiger partial charge < -0.3 is 0 Å². The summed E-state index contributed by atoms with van der Waals surface area (Å²) < 4.78 is 9.08. The summed E-state index contributed by atoms with van der Waals surface area (Å²) in [5.41, 5.74) is 22.5. The van der Waals surface area contributed by atoms with Crippen LogP contribution in [0.3, 0.4) is 0 Å². The Morgan fingerprint density at radius 1 is 0.289 bits per heavy atom. The Kier molecular flexibility index (Phi) is 9.81. The van der Waals surface area contributed by atoms with Crippen molar-refractivity contribution in [3.8, 4) is 84.2 Å². The Labute approximate surface area is 437 Å². The van der Waals surface area contributed by atoms with E-state index < -0.39 is 0 Å². The van der Waals surface area contributed by atoms with Crippen LogP contribution >= 0.6 is 0 Å². The van der Waals surface area contributed by atoms with Gasteiger partial charge >= 0.3 is 0 Å². The van der Waals surface area contributed by atoms with Gasteiger partial charge in [0.15, 0.2) is 0 Å².